The molecule has 0 radical (unpaired) electrons. The Hall–Kier alpha value is -1.01. The van der Waals surface area contributed by atoms with E-state index in [1.165, 1.54) is 11.8 Å². The van der Waals surface area contributed by atoms with Crippen molar-refractivity contribution in [3.05, 3.63) is 34.8 Å². The van der Waals surface area contributed by atoms with Gasteiger partial charge >= 0.3 is 0 Å². The smallest absolute Gasteiger partial charge is 0.195 e. The van der Waals surface area contributed by atoms with Crippen molar-refractivity contribution in [1.29, 1.82) is 0 Å². The lowest BCUT2D eigenvalue weighted by Crippen LogP contribution is -1.89. The van der Waals surface area contributed by atoms with Gasteiger partial charge < -0.3 is 0 Å². The van der Waals surface area contributed by atoms with Crippen LogP contribution in [0.3, 0.4) is 0 Å². The lowest BCUT2D eigenvalue weighted by atomic mass is 10.4. The van der Waals surface area contributed by atoms with Gasteiger partial charge in [0.2, 0.25) is 0 Å². The summed E-state index contributed by atoms with van der Waals surface area (Å²) in [4.78, 5) is 16.6. The largest absolute Gasteiger partial charge is 0.230 e. The quantitative estimate of drug-likeness (QED) is 0.792. The normalized spacial score (nSPS) is 10.3. The summed E-state index contributed by atoms with van der Waals surface area (Å²) in [5.74, 6) is 0. The molecule has 0 amide bonds. The summed E-state index contributed by atoms with van der Waals surface area (Å²) >= 11 is 4.61. The van der Waals surface area contributed by atoms with Gasteiger partial charge in [-0.25, -0.2) is 19.9 Å². The van der Waals surface area contributed by atoms with E-state index >= 15 is 0 Å². The Labute approximate surface area is 99.7 Å². The predicted molar refractivity (Wildman–Crippen MR) is 60.6 cm³/mol. The van der Waals surface area contributed by atoms with Crippen molar-refractivity contribution < 1.29 is 0 Å². The van der Waals surface area contributed by atoms with E-state index in [9.17, 15) is 0 Å². The zero-order valence-electron chi connectivity index (χ0n) is 7.88. The second kappa shape index (κ2) is 4.67. The molecule has 0 N–H and O–H groups in total. The molecule has 0 unspecified atom stereocenters. The fraction of sp³-hybridized carbons (Fsp3) is 0.111. The van der Waals surface area contributed by atoms with Crippen LogP contribution >= 0.6 is 27.7 Å². The molecule has 0 aromatic carbocycles. The van der Waals surface area contributed by atoms with Crippen molar-refractivity contribution in [3.8, 4) is 0 Å². The van der Waals surface area contributed by atoms with Gasteiger partial charge in [0.15, 0.2) is 10.3 Å². The second-order valence-corrected chi connectivity index (χ2v) is 4.68. The molecule has 0 spiro atoms. The zero-order valence-corrected chi connectivity index (χ0v) is 10.3. The molecule has 0 aliphatic rings. The van der Waals surface area contributed by atoms with Crippen molar-refractivity contribution in [1.82, 2.24) is 19.9 Å². The lowest BCUT2D eigenvalue weighted by molar-refractivity contribution is 0.915. The van der Waals surface area contributed by atoms with Gasteiger partial charge in [-0.15, -0.1) is 0 Å². The molecule has 2 heterocycles. The van der Waals surface area contributed by atoms with Crippen LogP contribution in [0.4, 0.5) is 0 Å². The number of halogens is 1. The molecule has 2 aromatic rings. The first-order valence-electron chi connectivity index (χ1n) is 4.18. The molecule has 0 aliphatic carbocycles. The van der Waals surface area contributed by atoms with Crippen LogP contribution in [0.15, 0.2) is 39.6 Å². The SMILES string of the molecule is Cc1cnc(Sc2ncc(Br)cn2)nc1. The molecule has 2 rings (SSSR count). The first-order valence-corrected chi connectivity index (χ1v) is 5.79. The molecule has 4 nitrogen and oxygen atoms in total. The van der Waals surface area contributed by atoms with Crippen LogP contribution in [0.5, 0.6) is 0 Å². The Morgan fingerprint density at radius 2 is 1.40 bits per heavy atom. The molecule has 2 aromatic heterocycles. The minimum absolute atomic E-state index is 0.641. The second-order valence-electron chi connectivity index (χ2n) is 2.83. The third kappa shape index (κ3) is 2.97. The van der Waals surface area contributed by atoms with Gasteiger partial charge in [0, 0.05) is 24.8 Å². The fourth-order valence-corrected chi connectivity index (χ4v) is 1.66. The van der Waals surface area contributed by atoms with Crippen molar-refractivity contribution in [2.24, 2.45) is 0 Å². The standard InChI is InChI=1S/C9H7BrN4S/c1-6-2-11-8(12-3-6)15-9-13-4-7(10)5-14-9/h2-5H,1H3. The minimum atomic E-state index is 0.641. The van der Waals surface area contributed by atoms with E-state index in [-0.39, 0.29) is 0 Å². The number of nitrogens with zero attached hydrogens (tertiary/aromatic N) is 4. The topological polar surface area (TPSA) is 51.6 Å². The van der Waals surface area contributed by atoms with Gasteiger partial charge in [-0.2, -0.15) is 0 Å². The number of hydrogen-bond donors (Lipinski definition) is 0. The van der Waals surface area contributed by atoms with Crippen LogP contribution in [0.25, 0.3) is 0 Å². The zero-order chi connectivity index (χ0) is 10.7. The maximum absolute atomic E-state index is 4.16. The van der Waals surface area contributed by atoms with Gasteiger partial charge in [0.05, 0.1) is 4.47 Å². The summed E-state index contributed by atoms with van der Waals surface area (Å²) in [7, 11) is 0. The molecular formula is C9H7BrN4S. The van der Waals surface area contributed by atoms with E-state index in [2.05, 4.69) is 35.9 Å². The summed E-state index contributed by atoms with van der Waals surface area (Å²) < 4.78 is 0.858. The third-order valence-corrected chi connectivity index (χ3v) is 2.73. The van der Waals surface area contributed by atoms with Gasteiger partial charge in [0.25, 0.3) is 0 Å². The summed E-state index contributed by atoms with van der Waals surface area (Å²) in [6.07, 6.45) is 6.94. The molecule has 0 fully saturated rings. The molecule has 76 valence electrons. The van der Waals surface area contributed by atoms with Gasteiger partial charge in [0.1, 0.15) is 0 Å². The Balaban J connectivity index is 2.15. The average molecular weight is 283 g/mol. The molecule has 6 heteroatoms. The lowest BCUT2D eigenvalue weighted by Gasteiger charge is -1.98. The molecule has 0 aliphatic heterocycles. The van der Waals surface area contributed by atoms with Crippen LogP contribution in [0.2, 0.25) is 0 Å². The van der Waals surface area contributed by atoms with Crippen molar-refractivity contribution >= 4 is 27.7 Å². The van der Waals surface area contributed by atoms with Crippen LogP contribution < -0.4 is 0 Å². The fourth-order valence-electron chi connectivity index (χ4n) is 0.868. The number of aromatic nitrogens is 4. The Kier molecular flexibility index (Phi) is 3.27. The van der Waals surface area contributed by atoms with Crippen LogP contribution in [-0.4, -0.2) is 19.9 Å². The van der Waals surface area contributed by atoms with Crippen molar-refractivity contribution in [2.75, 3.05) is 0 Å². The summed E-state index contributed by atoms with van der Waals surface area (Å²) in [5, 5.41) is 1.30. The van der Waals surface area contributed by atoms with Crippen LogP contribution in [0, 0.1) is 6.92 Å². The maximum Gasteiger partial charge on any atom is 0.195 e. The summed E-state index contributed by atoms with van der Waals surface area (Å²) in [6.45, 7) is 1.95. The first kappa shape index (κ1) is 10.5. The van der Waals surface area contributed by atoms with E-state index in [0.717, 1.165) is 10.0 Å². The molecule has 0 saturated carbocycles. The highest BCUT2D eigenvalue weighted by Gasteiger charge is 2.02. The van der Waals surface area contributed by atoms with Gasteiger partial charge in [-0.05, 0) is 40.2 Å². The molecule has 0 saturated heterocycles. The van der Waals surface area contributed by atoms with Crippen LogP contribution in [0.1, 0.15) is 5.56 Å². The van der Waals surface area contributed by atoms with Gasteiger partial charge in [-0.3, -0.25) is 0 Å². The molecule has 0 atom stereocenters. The highest BCUT2D eigenvalue weighted by atomic mass is 79.9. The first-order chi connectivity index (χ1) is 7.24. The van der Waals surface area contributed by atoms with E-state index in [1.807, 2.05) is 6.92 Å². The predicted octanol–water partition coefficient (Wildman–Crippen LogP) is 2.49. The third-order valence-electron chi connectivity index (χ3n) is 1.54. The number of rotatable bonds is 2. The van der Waals surface area contributed by atoms with Gasteiger partial charge in [-0.1, -0.05) is 0 Å². The summed E-state index contributed by atoms with van der Waals surface area (Å²) in [6, 6.07) is 0. The Bertz CT molecular complexity index is 399. The Morgan fingerprint density at radius 3 is 1.93 bits per heavy atom. The van der Waals surface area contributed by atoms with Crippen molar-refractivity contribution in [3.63, 3.8) is 0 Å². The van der Waals surface area contributed by atoms with Crippen LogP contribution in [-0.2, 0) is 0 Å². The molecule has 0 bridgehead atoms. The molecule has 15 heavy (non-hydrogen) atoms. The van der Waals surface area contributed by atoms with E-state index < -0.39 is 0 Å². The summed E-state index contributed by atoms with van der Waals surface area (Å²) in [5.41, 5.74) is 1.04. The molecular weight excluding hydrogens is 276 g/mol. The minimum Gasteiger partial charge on any atom is -0.230 e. The maximum atomic E-state index is 4.16. The monoisotopic (exact) mass is 282 g/mol. The number of hydrogen-bond acceptors (Lipinski definition) is 5. The highest BCUT2D eigenvalue weighted by molar-refractivity contribution is 9.10. The van der Waals surface area contributed by atoms with E-state index in [0.29, 0.717) is 10.3 Å². The Morgan fingerprint density at radius 1 is 0.933 bits per heavy atom. The van der Waals surface area contributed by atoms with Crippen molar-refractivity contribution in [2.45, 2.75) is 17.2 Å². The number of aryl methyl sites for hydroxylation is 1. The highest BCUT2D eigenvalue weighted by Crippen LogP contribution is 2.20. The van der Waals surface area contributed by atoms with E-state index in [1.54, 1.807) is 24.8 Å². The average Bonchev–Trinajstić information content (AvgIpc) is 2.25. The van der Waals surface area contributed by atoms with E-state index in [4.69, 9.17) is 0 Å².